The molecular weight excluding hydrogens is 431 g/mol. The quantitative estimate of drug-likeness (QED) is 0.581. The predicted molar refractivity (Wildman–Crippen MR) is 119 cm³/mol. The number of rotatable bonds is 6. The molecule has 3 aromatic rings. The largest absolute Gasteiger partial charge is 0.383 e. The molecule has 2 amide bonds. The van der Waals surface area contributed by atoms with Crippen LogP contribution >= 0.6 is 0 Å². The van der Waals surface area contributed by atoms with Crippen molar-refractivity contribution < 1.29 is 22.9 Å². The fourth-order valence-corrected chi connectivity index (χ4v) is 4.87. The highest BCUT2D eigenvalue weighted by molar-refractivity contribution is 7.85. The van der Waals surface area contributed by atoms with E-state index >= 15 is 0 Å². The van der Waals surface area contributed by atoms with Crippen LogP contribution in [0.4, 0.5) is 10.1 Å². The van der Waals surface area contributed by atoms with Crippen molar-refractivity contribution in [1.82, 2.24) is 5.32 Å². The van der Waals surface area contributed by atoms with Gasteiger partial charge in [0.1, 0.15) is 5.82 Å². The second-order valence-electron chi connectivity index (χ2n) is 7.18. The zero-order valence-corrected chi connectivity index (χ0v) is 18.2. The second-order valence-corrected chi connectivity index (χ2v) is 8.60. The first-order valence-corrected chi connectivity index (χ1v) is 11.1. The van der Waals surface area contributed by atoms with E-state index in [1.165, 1.54) is 24.1 Å². The number of amides is 2. The minimum absolute atomic E-state index is 0.0706. The minimum Gasteiger partial charge on any atom is -0.383 e. The van der Waals surface area contributed by atoms with E-state index in [9.17, 15) is 18.2 Å². The van der Waals surface area contributed by atoms with Crippen LogP contribution in [0.5, 0.6) is 0 Å². The lowest BCUT2D eigenvalue weighted by atomic mass is 10.1. The highest BCUT2D eigenvalue weighted by Gasteiger charge is 2.32. The first-order valence-electron chi connectivity index (χ1n) is 9.98. The Morgan fingerprint density at radius 3 is 2.59 bits per heavy atom. The maximum Gasteiger partial charge on any atom is 0.259 e. The fraction of sp³-hybridized carbons (Fsp3) is 0.167. The molecule has 1 atom stereocenters. The molecule has 0 spiro atoms. The van der Waals surface area contributed by atoms with E-state index < -0.39 is 22.5 Å². The smallest absolute Gasteiger partial charge is 0.259 e. The van der Waals surface area contributed by atoms with Crippen molar-refractivity contribution >= 4 is 28.3 Å². The van der Waals surface area contributed by atoms with Gasteiger partial charge in [-0.05, 0) is 36.4 Å². The van der Waals surface area contributed by atoms with Gasteiger partial charge in [-0.1, -0.05) is 30.3 Å². The number of ether oxygens (including phenoxy) is 1. The van der Waals surface area contributed by atoms with Gasteiger partial charge < -0.3 is 15.0 Å². The van der Waals surface area contributed by atoms with Crippen molar-refractivity contribution in [2.24, 2.45) is 0 Å². The van der Waals surface area contributed by atoms with Gasteiger partial charge in [0.05, 0.1) is 45.0 Å². The number of carbonyl (C=O) groups excluding carboxylic acids is 2. The monoisotopic (exact) mass is 452 g/mol. The molecule has 1 aliphatic heterocycles. The highest BCUT2D eigenvalue weighted by atomic mass is 32.2. The molecule has 0 saturated heterocycles. The lowest BCUT2D eigenvalue weighted by Gasteiger charge is -2.24. The average molecular weight is 453 g/mol. The normalized spacial score (nSPS) is 15.0. The van der Waals surface area contributed by atoms with Gasteiger partial charge in [-0.3, -0.25) is 9.59 Å². The summed E-state index contributed by atoms with van der Waals surface area (Å²) in [6, 6.07) is 17.5. The third-order valence-electron chi connectivity index (χ3n) is 5.15. The van der Waals surface area contributed by atoms with Crippen molar-refractivity contribution in [2.45, 2.75) is 16.3 Å². The van der Waals surface area contributed by atoms with E-state index in [1.54, 1.807) is 54.6 Å². The lowest BCUT2D eigenvalue weighted by Crippen LogP contribution is -2.31. The van der Waals surface area contributed by atoms with Crippen LogP contribution in [0, 0.1) is 5.82 Å². The van der Waals surface area contributed by atoms with Crippen LogP contribution in [0.1, 0.15) is 26.3 Å². The number of fused-ring (bicyclic) bond motifs is 2. The van der Waals surface area contributed by atoms with E-state index in [0.29, 0.717) is 39.8 Å². The third-order valence-corrected chi connectivity index (χ3v) is 6.65. The van der Waals surface area contributed by atoms with Crippen molar-refractivity contribution in [3.05, 3.63) is 89.2 Å². The van der Waals surface area contributed by atoms with Gasteiger partial charge >= 0.3 is 0 Å². The van der Waals surface area contributed by atoms with Gasteiger partial charge in [-0.25, -0.2) is 8.60 Å². The summed E-state index contributed by atoms with van der Waals surface area (Å²) in [5, 5.41) is 2.73. The maximum absolute atomic E-state index is 14.4. The van der Waals surface area contributed by atoms with Crippen LogP contribution in [0.25, 0.3) is 0 Å². The molecule has 1 heterocycles. The predicted octanol–water partition coefficient (Wildman–Crippen LogP) is 3.53. The second kappa shape index (κ2) is 9.42. The van der Waals surface area contributed by atoms with E-state index in [4.69, 9.17) is 4.74 Å². The number of methoxy groups -OCH3 is 1. The summed E-state index contributed by atoms with van der Waals surface area (Å²) < 4.78 is 32.8. The van der Waals surface area contributed by atoms with E-state index in [2.05, 4.69) is 5.32 Å². The van der Waals surface area contributed by atoms with Crippen LogP contribution in [0.3, 0.4) is 0 Å². The number of anilines is 1. The van der Waals surface area contributed by atoms with E-state index in [-0.39, 0.29) is 18.0 Å². The summed E-state index contributed by atoms with van der Waals surface area (Å²) in [5.74, 6) is -1.21. The molecule has 0 aliphatic carbocycles. The Morgan fingerprint density at radius 2 is 1.81 bits per heavy atom. The highest BCUT2D eigenvalue weighted by Crippen LogP contribution is 2.36. The Balaban J connectivity index is 1.82. The summed E-state index contributed by atoms with van der Waals surface area (Å²) in [7, 11) is -0.113. The van der Waals surface area contributed by atoms with Gasteiger partial charge in [0.2, 0.25) is 0 Å². The standard InChI is InChI=1S/C24H21FN2O4S/c1-31-13-12-26-23(28)16-10-11-22-20(14-16)27(15-17-6-2-4-8-19(17)25)24(29)18-7-3-5-9-21(18)32(22)30/h2-11,14H,12-13,15H2,1H3,(H,26,28)/t32-/m1/s1. The summed E-state index contributed by atoms with van der Waals surface area (Å²) in [5.41, 5.74) is 1.21. The summed E-state index contributed by atoms with van der Waals surface area (Å²) in [4.78, 5) is 28.2. The minimum atomic E-state index is -1.65. The van der Waals surface area contributed by atoms with Gasteiger partial charge in [0.15, 0.2) is 0 Å². The molecule has 1 N–H and O–H groups in total. The summed E-state index contributed by atoms with van der Waals surface area (Å²) in [6.45, 7) is 0.606. The molecule has 0 radical (unpaired) electrons. The Bertz CT molecular complexity index is 1210. The summed E-state index contributed by atoms with van der Waals surface area (Å²) >= 11 is 0. The van der Waals surface area contributed by atoms with Crippen LogP contribution in [0.2, 0.25) is 0 Å². The van der Waals surface area contributed by atoms with Crippen molar-refractivity contribution in [2.75, 3.05) is 25.2 Å². The first kappa shape index (κ1) is 21.9. The molecule has 0 fully saturated rings. The van der Waals surface area contributed by atoms with Crippen molar-refractivity contribution in [3.8, 4) is 0 Å². The number of benzene rings is 3. The number of halogens is 1. The van der Waals surface area contributed by atoms with Gasteiger partial charge in [-0.2, -0.15) is 0 Å². The van der Waals surface area contributed by atoms with E-state index in [1.807, 2.05) is 0 Å². The molecule has 0 aromatic heterocycles. The fourth-order valence-electron chi connectivity index (χ4n) is 3.53. The zero-order valence-electron chi connectivity index (χ0n) is 17.3. The third kappa shape index (κ3) is 4.19. The summed E-state index contributed by atoms with van der Waals surface area (Å²) in [6.07, 6.45) is 0. The van der Waals surface area contributed by atoms with Crippen LogP contribution in [-0.4, -0.2) is 36.3 Å². The number of carbonyl (C=O) groups is 2. The molecule has 0 unspecified atom stereocenters. The molecule has 4 rings (SSSR count). The molecule has 3 aromatic carbocycles. The molecular formula is C24H21FN2O4S. The van der Waals surface area contributed by atoms with Gasteiger partial charge in [-0.15, -0.1) is 0 Å². The Morgan fingerprint density at radius 1 is 1.06 bits per heavy atom. The zero-order chi connectivity index (χ0) is 22.7. The number of hydrogen-bond acceptors (Lipinski definition) is 4. The molecule has 6 nitrogen and oxygen atoms in total. The van der Waals surface area contributed by atoms with E-state index in [0.717, 1.165) is 0 Å². The number of nitrogens with one attached hydrogen (secondary N) is 1. The Hall–Kier alpha value is -3.36. The molecule has 8 heteroatoms. The SMILES string of the molecule is COCCNC(=O)c1ccc2c(c1)N(Cc1ccccc1F)C(=O)c1ccccc1[S@]2=O. The Kier molecular flexibility index (Phi) is 6.43. The molecule has 0 saturated carbocycles. The van der Waals surface area contributed by atoms with Crippen molar-refractivity contribution in [3.63, 3.8) is 0 Å². The van der Waals surface area contributed by atoms with Gasteiger partial charge in [0, 0.05) is 24.8 Å². The van der Waals surface area contributed by atoms with Crippen LogP contribution < -0.4 is 10.2 Å². The molecule has 1 aliphatic rings. The van der Waals surface area contributed by atoms with Crippen LogP contribution in [0.15, 0.2) is 76.5 Å². The molecule has 0 bridgehead atoms. The van der Waals surface area contributed by atoms with Crippen LogP contribution in [-0.2, 0) is 22.1 Å². The van der Waals surface area contributed by atoms with Gasteiger partial charge in [0.25, 0.3) is 11.8 Å². The number of hydrogen-bond donors (Lipinski definition) is 1. The average Bonchev–Trinajstić information content (AvgIpc) is 2.90. The lowest BCUT2D eigenvalue weighted by molar-refractivity contribution is 0.0934. The maximum atomic E-state index is 14.4. The molecule has 164 valence electrons. The molecule has 32 heavy (non-hydrogen) atoms. The topological polar surface area (TPSA) is 75.7 Å². The van der Waals surface area contributed by atoms with Crippen molar-refractivity contribution in [1.29, 1.82) is 0 Å². The Labute approximate surface area is 187 Å². The number of nitrogens with zero attached hydrogens (tertiary/aromatic N) is 1. The first-order chi connectivity index (χ1) is 15.5.